The molecule has 0 radical (unpaired) electrons. The maximum atomic E-state index is 12.6. The van der Waals surface area contributed by atoms with E-state index in [-0.39, 0.29) is 11.8 Å². The lowest BCUT2D eigenvalue weighted by Crippen LogP contribution is -2.37. The summed E-state index contributed by atoms with van der Waals surface area (Å²) in [5.74, 6) is -0.0436. The first-order chi connectivity index (χ1) is 13.8. The topological polar surface area (TPSA) is 61.4 Å². The van der Waals surface area contributed by atoms with Crippen molar-refractivity contribution >= 4 is 23.2 Å². The highest BCUT2D eigenvalue weighted by atomic mass is 16.2. The maximum absolute atomic E-state index is 12.6. The summed E-state index contributed by atoms with van der Waals surface area (Å²) in [5, 5.41) is 6.02. The monoisotopic (exact) mass is 393 g/mol. The molecule has 29 heavy (non-hydrogen) atoms. The van der Waals surface area contributed by atoms with Gasteiger partial charge in [-0.25, -0.2) is 0 Å². The van der Waals surface area contributed by atoms with Crippen LogP contribution in [0.5, 0.6) is 0 Å². The third-order valence-electron chi connectivity index (χ3n) is 5.57. The van der Waals surface area contributed by atoms with Crippen LogP contribution in [0.25, 0.3) is 0 Å². The van der Waals surface area contributed by atoms with E-state index < -0.39 is 0 Å². The smallest absolute Gasteiger partial charge is 0.238 e. The van der Waals surface area contributed by atoms with Crippen molar-refractivity contribution in [3.8, 4) is 0 Å². The SMILES string of the molecule is Cc1ccc(NC(=O)CCN(CC(=O)Nc2c(C)cccc2C)C2CC2)cc1C. The molecule has 2 N–H and O–H groups in total. The van der Waals surface area contributed by atoms with E-state index >= 15 is 0 Å². The van der Waals surface area contributed by atoms with E-state index in [0.717, 1.165) is 40.9 Å². The standard InChI is InChI=1S/C24H31N3O2/c1-16-8-9-20(14-19(16)4)25-22(28)12-13-27(21-10-11-21)15-23(29)26-24-17(2)6-5-7-18(24)3/h5-9,14,21H,10-13,15H2,1-4H3,(H,25,28)(H,26,29). The van der Waals surface area contributed by atoms with Crippen LogP contribution in [0.2, 0.25) is 0 Å². The Morgan fingerprint density at radius 3 is 2.21 bits per heavy atom. The van der Waals surface area contributed by atoms with E-state index in [2.05, 4.69) is 22.5 Å². The van der Waals surface area contributed by atoms with E-state index in [4.69, 9.17) is 0 Å². The van der Waals surface area contributed by atoms with Crippen LogP contribution in [0.4, 0.5) is 11.4 Å². The number of benzene rings is 2. The lowest BCUT2D eigenvalue weighted by atomic mass is 10.1. The number of para-hydroxylation sites is 1. The van der Waals surface area contributed by atoms with Gasteiger partial charge in [0.2, 0.25) is 11.8 Å². The number of hydrogen-bond donors (Lipinski definition) is 2. The molecular weight excluding hydrogens is 362 g/mol. The molecule has 2 amide bonds. The normalized spacial score (nSPS) is 13.4. The van der Waals surface area contributed by atoms with Gasteiger partial charge in [-0.2, -0.15) is 0 Å². The third kappa shape index (κ3) is 5.91. The van der Waals surface area contributed by atoms with Crippen LogP contribution >= 0.6 is 0 Å². The summed E-state index contributed by atoms with van der Waals surface area (Å²) in [5.41, 5.74) is 6.20. The predicted octanol–water partition coefficient (Wildman–Crippen LogP) is 4.35. The number of nitrogens with one attached hydrogen (secondary N) is 2. The van der Waals surface area contributed by atoms with Gasteiger partial charge < -0.3 is 10.6 Å². The summed E-state index contributed by atoms with van der Waals surface area (Å²) in [4.78, 5) is 27.1. The van der Waals surface area contributed by atoms with Crippen LogP contribution in [-0.2, 0) is 9.59 Å². The van der Waals surface area contributed by atoms with Crippen LogP contribution in [0.1, 0.15) is 41.5 Å². The largest absolute Gasteiger partial charge is 0.326 e. The second-order valence-corrected chi connectivity index (χ2v) is 8.11. The van der Waals surface area contributed by atoms with Crippen molar-refractivity contribution < 1.29 is 9.59 Å². The summed E-state index contributed by atoms with van der Waals surface area (Å²) in [6.45, 7) is 8.99. The molecule has 0 bridgehead atoms. The first-order valence-corrected chi connectivity index (χ1v) is 10.3. The highest BCUT2D eigenvalue weighted by Crippen LogP contribution is 2.27. The van der Waals surface area contributed by atoms with Crippen molar-refractivity contribution in [1.29, 1.82) is 0 Å². The molecule has 1 saturated carbocycles. The Kier molecular flexibility index (Phi) is 6.70. The minimum Gasteiger partial charge on any atom is -0.326 e. The number of amides is 2. The van der Waals surface area contributed by atoms with E-state index in [1.807, 2.05) is 57.2 Å². The fourth-order valence-electron chi connectivity index (χ4n) is 3.49. The Morgan fingerprint density at radius 2 is 1.59 bits per heavy atom. The Hall–Kier alpha value is -2.66. The molecule has 1 aliphatic rings. The van der Waals surface area contributed by atoms with Gasteiger partial charge in [-0.3, -0.25) is 14.5 Å². The summed E-state index contributed by atoms with van der Waals surface area (Å²) in [7, 11) is 0. The average molecular weight is 394 g/mol. The van der Waals surface area contributed by atoms with Crippen molar-refractivity contribution in [1.82, 2.24) is 4.90 Å². The van der Waals surface area contributed by atoms with Gasteiger partial charge in [0, 0.05) is 30.4 Å². The summed E-state index contributed by atoms with van der Waals surface area (Å²) < 4.78 is 0. The van der Waals surface area contributed by atoms with Crippen LogP contribution in [0.3, 0.4) is 0 Å². The summed E-state index contributed by atoms with van der Waals surface area (Å²) in [6, 6.07) is 12.3. The Balaban J connectivity index is 1.53. The van der Waals surface area contributed by atoms with Gasteiger partial charge in [0.15, 0.2) is 0 Å². The lowest BCUT2D eigenvalue weighted by molar-refractivity contribution is -0.119. The molecule has 0 heterocycles. The fraction of sp³-hybridized carbons (Fsp3) is 0.417. The predicted molar refractivity (Wildman–Crippen MR) is 118 cm³/mol. The van der Waals surface area contributed by atoms with Gasteiger partial charge in [0.1, 0.15) is 0 Å². The van der Waals surface area contributed by atoms with Crippen LogP contribution in [-0.4, -0.2) is 35.8 Å². The lowest BCUT2D eigenvalue weighted by Gasteiger charge is -2.22. The van der Waals surface area contributed by atoms with E-state index in [9.17, 15) is 9.59 Å². The van der Waals surface area contributed by atoms with Gasteiger partial charge in [-0.15, -0.1) is 0 Å². The molecule has 0 atom stereocenters. The molecule has 0 saturated heterocycles. The third-order valence-corrected chi connectivity index (χ3v) is 5.57. The molecule has 0 unspecified atom stereocenters. The Bertz CT molecular complexity index is 883. The molecule has 3 rings (SSSR count). The first kappa shape index (κ1) is 21.1. The molecule has 5 nitrogen and oxygen atoms in total. The van der Waals surface area contributed by atoms with Gasteiger partial charge in [0.05, 0.1) is 6.54 Å². The molecular formula is C24H31N3O2. The van der Waals surface area contributed by atoms with Crippen LogP contribution < -0.4 is 10.6 Å². The first-order valence-electron chi connectivity index (χ1n) is 10.3. The molecule has 154 valence electrons. The summed E-state index contributed by atoms with van der Waals surface area (Å²) in [6.07, 6.45) is 2.56. The van der Waals surface area contributed by atoms with Crippen molar-refractivity contribution in [3.05, 3.63) is 58.7 Å². The second-order valence-electron chi connectivity index (χ2n) is 8.11. The molecule has 0 aliphatic heterocycles. The van der Waals surface area contributed by atoms with Crippen LogP contribution in [0.15, 0.2) is 36.4 Å². The van der Waals surface area contributed by atoms with Crippen molar-refractivity contribution in [2.24, 2.45) is 0 Å². The maximum Gasteiger partial charge on any atom is 0.238 e. The average Bonchev–Trinajstić information content (AvgIpc) is 3.50. The van der Waals surface area contributed by atoms with E-state index in [1.54, 1.807) is 0 Å². The number of hydrogen-bond acceptors (Lipinski definition) is 3. The molecule has 0 spiro atoms. The van der Waals surface area contributed by atoms with Gasteiger partial charge >= 0.3 is 0 Å². The van der Waals surface area contributed by atoms with Crippen molar-refractivity contribution in [2.75, 3.05) is 23.7 Å². The Labute approximate surface area is 173 Å². The number of rotatable bonds is 8. The highest BCUT2D eigenvalue weighted by Gasteiger charge is 2.30. The highest BCUT2D eigenvalue weighted by molar-refractivity contribution is 5.94. The minimum atomic E-state index is -0.0242. The minimum absolute atomic E-state index is 0.0194. The van der Waals surface area contributed by atoms with E-state index in [1.165, 1.54) is 5.56 Å². The zero-order valence-corrected chi connectivity index (χ0v) is 17.8. The zero-order valence-electron chi connectivity index (χ0n) is 17.8. The van der Waals surface area contributed by atoms with Gasteiger partial charge in [-0.05, 0) is 74.9 Å². The number of nitrogens with zero attached hydrogens (tertiary/aromatic N) is 1. The number of anilines is 2. The fourth-order valence-corrected chi connectivity index (χ4v) is 3.49. The van der Waals surface area contributed by atoms with Crippen molar-refractivity contribution in [2.45, 2.75) is 53.0 Å². The second kappa shape index (κ2) is 9.23. The van der Waals surface area contributed by atoms with E-state index in [0.29, 0.717) is 25.6 Å². The number of carbonyl (C=O) groups excluding carboxylic acids is 2. The number of carbonyl (C=O) groups is 2. The molecule has 1 aliphatic carbocycles. The quantitative estimate of drug-likeness (QED) is 0.701. The molecule has 2 aromatic rings. The zero-order chi connectivity index (χ0) is 21.0. The summed E-state index contributed by atoms with van der Waals surface area (Å²) >= 11 is 0. The van der Waals surface area contributed by atoms with Gasteiger partial charge in [-0.1, -0.05) is 24.3 Å². The van der Waals surface area contributed by atoms with Gasteiger partial charge in [0.25, 0.3) is 0 Å². The van der Waals surface area contributed by atoms with Crippen LogP contribution in [0, 0.1) is 27.7 Å². The molecule has 5 heteroatoms. The molecule has 0 aromatic heterocycles. The molecule has 1 fully saturated rings. The Morgan fingerprint density at radius 1 is 0.897 bits per heavy atom. The molecule has 2 aromatic carbocycles. The number of aryl methyl sites for hydroxylation is 4. The van der Waals surface area contributed by atoms with Crippen molar-refractivity contribution in [3.63, 3.8) is 0 Å².